The lowest BCUT2D eigenvalue weighted by atomic mass is 9.95. The topological polar surface area (TPSA) is 81.7 Å². The summed E-state index contributed by atoms with van der Waals surface area (Å²) >= 11 is 0. The molecule has 1 aliphatic rings. The standard InChI is InChI=1S/C11H16N6/c12-15-11-10-9(6-14-16-11)17(7-13-10)8-4-2-1-3-5-8/h6-8H,1-5,12H2,(H,15,16). The number of nitrogens with one attached hydrogen (secondary N) is 1. The van der Waals surface area contributed by atoms with Crippen LogP contribution in [0.15, 0.2) is 12.5 Å². The maximum atomic E-state index is 5.40. The zero-order chi connectivity index (χ0) is 11.7. The molecule has 0 atom stereocenters. The second-order valence-electron chi connectivity index (χ2n) is 4.52. The molecule has 0 aliphatic heterocycles. The Labute approximate surface area is 99.2 Å². The van der Waals surface area contributed by atoms with Gasteiger partial charge in [-0.15, -0.1) is 5.10 Å². The third-order valence-electron chi connectivity index (χ3n) is 3.50. The molecule has 2 aromatic heterocycles. The fourth-order valence-corrected chi connectivity index (χ4v) is 2.62. The summed E-state index contributed by atoms with van der Waals surface area (Å²) in [5.41, 5.74) is 4.35. The van der Waals surface area contributed by atoms with Crippen LogP contribution in [0, 0.1) is 0 Å². The molecule has 90 valence electrons. The number of hydrazine groups is 1. The Bertz CT molecular complexity index is 514. The van der Waals surface area contributed by atoms with Crippen LogP contribution in [0.4, 0.5) is 5.82 Å². The van der Waals surface area contributed by atoms with Gasteiger partial charge in [0, 0.05) is 6.04 Å². The van der Waals surface area contributed by atoms with Crippen molar-refractivity contribution in [2.45, 2.75) is 38.1 Å². The van der Waals surface area contributed by atoms with E-state index in [9.17, 15) is 0 Å². The first kappa shape index (κ1) is 10.5. The number of nitrogens with two attached hydrogens (primary N) is 1. The molecule has 6 heteroatoms. The van der Waals surface area contributed by atoms with Gasteiger partial charge in [0.2, 0.25) is 0 Å². The Balaban J connectivity index is 2.05. The van der Waals surface area contributed by atoms with Crippen LogP contribution in [-0.4, -0.2) is 19.7 Å². The van der Waals surface area contributed by atoms with Crippen molar-refractivity contribution < 1.29 is 0 Å². The van der Waals surface area contributed by atoms with Gasteiger partial charge in [0.05, 0.1) is 18.0 Å². The Morgan fingerprint density at radius 3 is 2.88 bits per heavy atom. The van der Waals surface area contributed by atoms with Crippen molar-refractivity contribution >= 4 is 16.9 Å². The minimum Gasteiger partial charge on any atom is -0.326 e. The zero-order valence-electron chi connectivity index (χ0n) is 9.63. The molecule has 0 spiro atoms. The second kappa shape index (κ2) is 4.29. The van der Waals surface area contributed by atoms with Crippen LogP contribution in [0.2, 0.25) is 0 Å². The summed E-state index contributed by atoms with van der Waals surface area (Å²) in [7, 11) is 0. The molecule has 17 heavy (non-hydrogen) atoms. The molecule has 2 aromatic rings. The summed E-state index contributed by atoms with van der Waals surface area (Å²) in [5, 5.41) is 7.88. The number of anilines is 1. The number of aromatic nitrogens is 4. The second-order valence-corrected chi connectivity index (χ2v) is 4.52. The van der Waals surface area contributed by atoms with Crippen molar-refractivity contribution in [2.24, 2.45) is 5.84 Å². The van der Waals surface area contributed by atoms with Crippen LogP contribution in [0.5, 0.6) is 0 Å². The van der Waals surface area contributed by atoms with E-state index in [-0.39, 0.29) is 0 Å². The molecule has 2 heterocycles. The largest absolute Gasteiger partial charge is 0.326 e. The summed E-state index contributed by atoms with van der Waals surface area (Å²) in [6.45, 7) is 0. The molecule has 3 rings (SSSR count). The highest BCUT2D eigenvalue weighted by atomic mass is 15.3. The Morgan fingerprint density at radius 2 is 2.12 bits per heavy atom. The predicted octanol–water partition coefficient (Wildman–Crippen LogP) is 1.62. The third-order valence-corrected chi connectivity index (χ3v) is 3.50. The average molecular weight is 232 g/mol. The predicted molar refractivity (Wildman–Crippen MR) is 65.3 cm³/mol. The molecule has 0 unspecified atom stereocenters. The van der Waals surface area contributed by atoms with Crippen molar-refractivity contribution in [3.05, 3.63) is 12.5 Å². The molecule has 0 amide bonds. The van der Waals surface area contributed by atoms with E-state index < -0.39 is 0 Å². The minimum absolute atomic E-state index is 0.539. The number of nitrogens with zero attached hydrogens (tertiary/aromatic N) is 4. The molecule has 0 bridgehead atoms. The fraction of sp³-hybridized carbons (Fsp3) is 0.545. The van der Waals surface area contributed by atoms with Gasteiger partial charge in [-0.25, -0.2) is 10.8 Å². The van der Waals surface area contributed by atoms with E-state index in [4.69, 9.17) is 5.84 Å². The van der Waals surface area contributed by atoms with Gasteiger partial charge in [-0.1, -0.05) is 19.3 Å². The first-order valence-electron chi connectivity index (χ1n) is 6.05. The molecular formula is C11H16N6. The zero-order valence-corrected chi connectivity index (χ0v) is 9.63. The normalized spacial score (nSPS) is 17.5. The first-order valence-corrected chi connectivity index (χ1v) is 6.05. The van der Waals surface area contributed by atoms with Gasteiger partial charge >= 0.3 is 0 Å². The number of hydrogen-bond donors (Lipinski definition) is 2. The third kappa shape index (κ3) is 1.74. The lowest BCUT2D eigenvalue weighted by Gasteiger charge is -2.23. The number of hydrogen-bond acceptors (Lipinski definition) is 5. The number of nitrogen functional groups attached to an aromatic ring is 1. The van der Waals surface area contributed by atoms with Crippen molar-refractivity contribution in [1.82, 2.24) is 19.7 Å². The highest BCUT2D eigenvalue weighted by molar-refractivity contribution is 5.84. The van der Waals surface area contributed by atoms with Gasteiger partial charge in [-0.05, 0) is 12.8 Å². The minimum atomic E-state index is 0.539. The lowest BCUT2D eigenvalue weighted by Crippen LogP contribution is -2.12. The SMILES string of the molecule is NNc1nncc2c1ncn2C1CCCCC1. The van der Waals surface area contributed by atoms with Crippen molar-refractivity contribution in [1.29, 1.82) is 0 Å². The molecule has 3 N–H and O–H groups in total. The molecule has 0 saturated heterocycles. The van der Waals surface area contributed by atoms with Crippen LogP contribution in [-0.2, 0) is 0 Å². The Kier molecular flexibility index (Phi) is 2.64. The Hall–Kier alpha value is -1.69. The summed E-state index contributed by atoms with van der Waals surface area (Å²) in [5.74, 6) is 5.94. The van der Waals surface area contributed by atoms with E-state index in [1.54, 1.807) is 6.20 Å². The number of fused-ring (bicyclic) bond motifs is 1. The summed E-state index contributed by atoms with van der Waals surface area (Å²) in [4.78, 5) is 4.38. The molecule has 0 radical (unpaired) electrons. The maximum Gasteiger partial charge on any atom is 0.190 e. The van der Waals surface area contributed by atoms with Gasteiger partial charge in [0.1, 0.15) is 5.52 Å². The van der Waals surface area contributed by atoms with E-state index in [0.717, 1.165) is 11.0 Å². The quantitative estimate of drug-likeness (QED) is 0.607. The van der Waals surface area contributed by atoms with Crippen LogP contribution < -0.4 is 11.3 Å². The van der Waals surface area contributed by atoms with Crippen molar-refractivity contribution in [2.75, 3.05) is 5.43 Å². The highest BCUT2D eigenvalue weighted by Gasteiger charge is 2.18. The van der Waals surface area contributed by atoms with Crippen LogP contribution in [0.3, 0.4) is 0 Å². The smallest absolute Gasteiger partial charge is 0.190 e. The summed E-state index contributed by atoms with van der Waals surface area (Å²) in [6.07, 6.45) is 10.0. The number of rotatable bonds is 2. The molecular weight excluding hydrogens is 216 g/mol. The average Bonchev–Trinajstić information content (AvgIpc) is 2.83. The van der Waals surface area contributed by atoms with Crippen molar-refractivity contribution in [3.8, 4) is 0 Å². The number of imidazole rings is 1. The summed E-state index contributed by atoms with van der Waals surface area (Å²) in [6, 6.07) is 0.545. The van der Waals surface area contributed by atoms with Crippen molar-refractivity contribution in [3.63, 3.8) is 0 Å². The van der Waals surface area contributed by atoms with Crippen LogP contribution in [0.1, 0.15) is 38.1 Å². The molecule has 6 nitrogen and oxygen atoms in total. The van der Waals surface area contributed by atoms with E-state index in [1.165, 1.54) is 32.1 Å². The van der Waals surface area contributed by atoms with Gasteiger partial charge in [0.15, 0.2) is 5.82 Å². The molecule has 1 saturated carbocycles. The lowest BCUT2D eigenvalue weighted by molar-refractivity contribution is 0.359. The van der Waals surface area contributed by atoms with E-state index >= 15 is 0 Å². The Morgan fingerprint density at radius 1 is 1.29 bits per heavy atom. The van der Waals surface area contributed by atoms with Gasteiger partial charge in [0.25, 0.3) is 0 Å². The highest BCUT2D eigenvalue weighted by Crippen LogP contribution is 2.31. The van der Waals surface area contributed by atoms with Gasteiger partial charge in [-0.3, -0.25) is 0 Å². The van der Waals surface area contributed by atoms with Gasteiger partial charge in [-0.2, -0.15) is 5.10 Å². The van der Waals surface area contributed by atoms with E-state index in [1.807, 2.05) is 6.33 Å². The molecule has 1 fully saturated rings. The molecule has 0 aromatic carbocycles. The van der Waals surface area contributed by atoms with Gasteiger partial charge < -0.3 is 9.99 Å². The van der Waals surface area contributed by atoms with Crippen LogP contribution in [0.25, 0.3) is 11.0 Å². The molecule has 1 aliphatic carbocycles. The summed E-state index contributed by atoms with van der Waals surface area (Å²) < 4.78 is 2.21. The van der Waals surface area contributed by atoms with E-state index in [0.29, 0.717) is 11.9 Å². The van der Waals surface area contributed by atoms with Crippen LogP contribution >= 0.6 is 0 Å². The monoisotopic (exact) mass is 232 g/mol. The van der Waals surface area contributed by atoms with E-state index in [2.05, 4.69) is 25.2 Å². The first-order chi connectivity index (χ1) is 8.40. The maximum absolute atomic E-state index is 5.40. The fourth-order valence-electron chi connectivity index (χ4n) is 2.62.